The molecule has 18 heavy (non-hydrogen) atoms. The van der Waals surface area contributed by atoms with Gasteiger partial charge < -0.3 is 10.2 Å². The Balaban J connectivity index is 2.12. The number of nitrogens with zero attached hydrogens (tertiary/aromatic N) is 1. The van der Waals surface area contributed by atoms with Crippen LogP contribution in [0.1, 0.15) is 5.76 Å². The van der Waals surface area contributed by atoms with Gasteiger partial charge in [0.05, 0.1) is 6.21 Å². The first-order valence-corrected chi connectivity index (χ1v) is 5.50. The fraction of sp³-hybridized carbons (Fsp3) is 0. The molecule has 1 aromatic heterocycles. The molecule has 0 fully saturated rings. The lowest BCUT2D eigenvalue weighted by Crippen LogP contribution is -2.23. The molecule has 0 amide bonds. The van der Waals surface area contributed by atoms with Gasteiger partial charge in [-0.25, -0.2) is 4.39 Å². The third kappa shape index (κ3) is 3.14. The van der Waals surface area contributed by atoms with Crippen molar-refractivity contribution >= 4 is 23.5 Å². The fourth-order valence-corrected chi connectivity index (χ4v) is 1.40. The first-order chi connectivity index (χ1) is 8.65. The van der Waals surface area contributed by atoms with Gasteiger partial charge in [0.1, 0.15) is 17.3 Å². The highest BCUT2D eigenvalue weighted by Crippen LogP contribution is 2.21. The molecular formula is C12H10FN3OS. The Labute approximate surface area is 108 Å². The zero-order chi connectivity index (χ0) is 13.0. The smallest absolute Gasteiger partial charge is 0.184 e. The van der Waals surface area contributed by atoms with Gasteiger partial charge in [-0.05, 0) is 48.6 Å². The van der Waals surface area contributed by atoms with Crippen molar-refractivity contribution in [2.45, 2.75) is 0 Å². The Morgan fingerprint density at radius 1 is 1.28 bits per heavy atom. The van der Waals surface area contributed by atoms with Gasteiger partial charge in [-0.1, -0.05) is 0 Å². The summed E-state index contributed by atoms with van der Waals surface area (Å²) >= 11 is 4.59. The van der Waals surface area contributed by atoms with Crippen molar-refractivity contribution in [1.29, 1.82) is 0 Å². The fourth-order valence-electron chi connectivity index (χ4n) is 1.35. The second-order valence-corrected chi connectivity index (χ2v) is 3.88. The van der Waals surface area contributed by atoms with E-state index >= 15 is 0 Å². The van der Waals surface area contributed by atoms with Gasteiger partial charge in [0.25, 0.3) is 0 Å². The molecule has 0 aliphatic carbocycles. The number of nitrogens with one attached hydrogen (secondary N) is 1. The van der Waals surface area contributed by atoms with Crippen molar-refractivity contribution < 1.29 is 8.81 Å². The van der Waals surface area contributed by atoms with Gasteiger partial charge in [-0.2, -0.15) is 5.10 Å². The number of halogens is 1. The maximum Gasteiger partial charge on any atom is 0.184 e. The van der Waals surface area contributed by atoms with E-state index in [1.54, 1.807) is 24.3 Å². The lowest BCUT2D eigenvalue weighted by atomic mass is 10.2. The quantitative estimate of drug-likeness (QED) is 0.506. The number of hydrazone groups is 1. The molecule has 0 unspecified atom stereocenters. The second-order valence-electron chi connectivity index (χ2n) is 3.44. The maximum atomic E-state index is 12.8. The Morgan fingerprint density at radius 3 is 2.67 bits per heavy atom. The Bertz CT molecular complexity index is 577. The number of nitrogens with two attached hydrogens (primary N) is 1. The van der Waals surface area contributed by atoms with Crippen LogP contribution in [-0.2, 0) is 0 Å². The molecular weight excluding hydrogens is 253 g/mol. The minimum atomic E-state index is -0.284. The molecule has 4 nitrogen and oxygen atoms in total. The molecule has 0 spiro atoms. The highest BCUT2D eigenvalue weighted by atomic mass is 32.1. The lowest BCUT2D eigenvalue weighted by molar-refractivity contribution is 0.574. The topological polar surface area (TPSA) is 63.5 Å². The molecule has 92 valence electrons. The Hall–Kier alpha value is -2.21. The van der Waals surface area contributed by atoms with Crippen molar-refractivity contribution in [3.05, 3.63) is 48.0 Å². The van der Waals surface area contributed by atoms with Crippen LogP contribution in [0, 0.1) is 5.82 Å². The van der Waals surface area contributed by atoms with E-state index in [1.807, 2.05) is 0 Å². The summed E-state index contributed by atoms with van der Waals surface area (Å²) < 4.78 is 18.3. The third-order valence-corrected chi connectivity index (χ3v) is 2.21. The number of hydrogen-bond acceptors (Lipinski definition) is 3. The molecule has 1 aromatic carbocycles. The average molecular weight is 263 g/mol. The molecule has 0 aliphatic rings. The molecule has 0 bridgehead atoms. The molecule has 3 N–H and O–H groups in total. The highest BCUT2D eigenvalue weighted by Gasteiger charge is 2.03. The van der Waals surface area contributed by atoms with Crippen molar-refractivity contribution in [2.75, 3.05) is 0 Å². The molecule has 0 saturated heterocycles. The summed E-state index contributed by atoms with van der Waals surface area (Å²) in [6.07, 6.45) is 1.45. The first-order valence-electron chi connectivity index (χ1n) is 5.09. The van der Waals surface area contributed by atoms with Crippen LogP contribution in [0.15, 0.2) is 45.9 Å². The zero-order valence-corrected chi connectivity index (χ0v) is 10.1. The summed E-state index contributed by atoms with van der Waals surface area (Å²) in [6, 6.07) is 9.55. The van der Waals surface area contributed by atoms with Gasteiger partial charge in [-0.15, -0.1) is 0 Å². The number of rotatable bonds is 3. The minimum absolute atomic E-state index is 0.0802. The molecule has 0 aliphatic heterocycles. The summed E-state index contributed by atoms with van der Waals surface area (Å²) in [6.45, 7) is 0. The Kier molecular flexibility index (Phi) is 3.69. The van der Waals surface area contributed by atoms with E-state index in [0.717, 1.165) is 5.56 Å². The SMILES string of the molecule is NC(=S)NN=Cc1ccc(-c2ccc(F)cc2)o1. The maximum absolute atomic E-state index is 12.8. The summed E-state index contributed by atoms with van der Waals surface area (Å²) in [4.78, 5) is 0. The van der Waals surface area contributed by atoms with Crippen LogP contribution in [-0.4, -0.2) is 11.3 Å². The standard InChI is InChI=1S/C12H10FN3OS/c13-9-3-1-8(2-4-9)11-6-5-10(17-11)7-15-16-12(14)18/h1-7H,(H3,14,16,18). The molecule has 6 heteroatoms. The molecule has 0 saturated carbocycles. The van der Waals surface area contributed by atoms with Crippen molar-refractivity contribution in [1.82, 2.24) is 5.43 Å². The summed E-state index contributed by atoms with van der Waals surface area (Å²) in [5, 5.41) is 3.85. The van der Waals surface area contributed by atoms with Crippen molar-refractivity contribution in [2.24, 2.45) is 10.8 Å². The van der Waals surface area contributed by atoms with Gasteiger partial charge in [-0.3, -0.25) is 5.43 Å². The van der Waals surface area contributed by atoms with E-state index in [2.05, 4.69) is 22.7 Å². The molecule has 1 heterocycles. The zero-order valence-electron chi connectivity index (χ0n) is 9.26. The van der Waals surface area contributed by atoms with Gasteiger partial charge in [0.15, 0.2) is 5.11 Å². The van der Waals surface area contributed by atoms with Crippen LogP contribution in [0.2, 0.25) is 0 Å². The third-order valence-electron chi connectivity index (χ3n) is 2.12. The molecule has 0 radical (unpaired) electrons. The molecule has 0 atom stereocenters. The first kappa shape index (κ1) is 12.3. The summed E-state index contributed by atoms with van der Waals surface area (Å²) in [5.41, 5.74) is 8.42. The molecule has 2 rings (SSSR count). The minimum Gasteiger partial charge on any atom is -0.455 e. The number of furan rings is 1. The van der Waals surface area contributed by atoms with Crippen LogP contribution in [0.3, 0.4) is 0 Å². The van der Waals surface area contributed by atoms with Gasteiger partial charge in [0, 0.05) is 5.56 Å². The van der Waals surface area contributed by atoms with E-state index in [9.17, 15) is 4.39 Å². The number of benzene rings is 1. The van der Waals surface area contributed by atoms with E-state index in [1.165, 1.54) is 18.3 Å². The second kappa shape index (κ2) is 5.42. The van der Waals surface area contributed by atoms with E-state index in [0.29, 0.717) is 11.5 Å². The summed E-state index contributed by atoms with van der Waals surface area (Å²) in [5.74, 6) is 0.887. The van der Waals surface area contributed by atoms with Gasteiger partial charge in [0.2, 0.25) is 0 Å². The Morgan fingerprint density at radius 2 is 2.00 bits per heavy atom. The van der Waals surface area contributed by atoms with E-state index < -0.39 is 0 Å². The average Bonchev–Trinajstić information content (AvgIpc) is 2.78. The largest absolute Gasteiger partial charge is 0.455 e. The van der Waals surface area contributed by atoms with Crippen LogP contribution in [0.4, 0.5) is 4.39 Å². The summed E-state index contributed by atoms with van der Waals surface area (Å²) in [7, 11) is 0. The van der Waals surface area contributed by atoms with Crippen LogP contribution < -0.4 is 11.2 Å². The van der Waals surface area contributed by atoms with Crippen LogP contribution in [0.25, 0.3) is 11.3 Å². The van der Waals surface area contributed by atoms with Crippen LogP contribution in [0.5, 0.6) is 0 Å². The predicted octanol–water partition coefficient (Wildman–Crippen LogP) is 2.25. The molecule has 2 aromatic rings. The monoisotopic (exact) mass is 263 g/mol. The predicted molar refractivity (Wildman–Crippen MR) is 71.6 cm³/mol. The van der Waals surface area contributed by atoms with Crippen LogP contribution >= 0.6 is 12.2 Å². The highest BCUT2D eigenvalue weighted by molar-refractivity contribution is 7.80. The van der Waals surface area contributed by atoms with Crippen molar-refractivity contribution in [3.8, 4) is 11.3 Å². The normalized spacial score (nSPS) is 10.7. The lowest BCUT2D eigenvalue weighted by Gasteiger charge is -1.96. The number of thiocarbonyl (C=S) groups is 1. The van der Waals surface area contributed by atoms with Gasteiger partial charge >= 0.3 is 0 Å². The van der Waals surface area contributed by atoms with E-state index in [-0.39, 0.29) is 10.9 Å². The number of hydrogen-bond donors (Lipinski definition) is 2. The van der Waals surface area contributed by atoms with E-state index in [4.69, 9.17) is 10.2 Å². The van der Waals surface area contributed by atoms with Crippen molar-refractivity contribution in [3.63, 3.8) is 0 Å².